The normalized spacial score (nSPS) is 44.1. The summed E-state index contributed by atoms with van der Waals surface area (Å²) in [5.41, 5.74) is 4.02. The summed E-state index contributed by atoms with van der Waals surface area (Å²) in [6, 6.07) is 8.64. The van der Waals surface area contributed by atoms with E-state index in [4.69, 9.17) is 0 Å². The van der Waals surface area contributed by atoms with E-state index in [0.717, 1.165) is 36.2 Å². The lowest BCUT2D eigenvalue weighted by atomic mass is 9.45. The Bertz CT molecular complexity index is 802. The lowest BCUT2D eigenvalue weighted by Gasteiger charge is -2.59. The van der Waals surface area contributed by atoms with E-state index in [1.165, 1.54) is 56.1 Å². The van der Waals surface area contributed by atoms with Gasteiger partial charge in [-0.3, -0.25) is 4.79 Å². The Labute approximate surface area is 171 Å². The van der Waals surface area contributed by atoms with Crippen molar-refractivity contribution in [3.63, 3.8) is 0 Å². The SMILES string of the molecule is Cc1ccc(/C=C2\C[C@@H]3[C@@H]4CC[C@H]5CCCC[C@]5(C)[C@H]4CC[C@]3(C)C2=O)cc1. The topological polar surface area (TPSA) is 17.1 Å². The second-order valence-corrected chi connectivity index (χ2v) is 11.0. The average Bonchev–Trinajstić information content (AvgIpc) is 2.94. The molecule has 1 nitrogen and oxygen atoms in total. The highest BCUT2D eigenvalue weighted by Crippen LogP contribution is 2.66. The number of aryl methyl sites for hydroxylation is 1. The fourth-order valence-corrected chi connectivity index (χ4v) is 7.96. The number of Topliss-reactive ketones (excluding diaryl/α,β-unsaturated/α-hetero) is 1. The Morgan fingerprint density at radius 1 is 0.929 bits per heavy atom. The largest absolute Gasteiger partial charge is 0.294 e. The minimum atomic E-state index is -0.102. The molecule has 6 atom stereocenters. The zero-order chi connectivity index (χ0) is 19.5. The van der Waals surface area contributed by atoms with E-state index in [0.29, 0.717) is 17.1 Å². The van der Waals surface area contributed by atoms with Gasteiger partial charge in [0, 0.05) is 5.41 Å². The van der Waals surface area contributed by atoms with Crippen molar-refractivity contribution in [3.05, 3.63) is 41.0 Å². The predicted octanol–water partition coefficient (Wildman–Crippen LogP) is 6.99. The smallest absolute Gasteiger partial charge is 0.165 e. The van der Waals surface area contributed by atoms with Crippen LogP contribution in [0, 0.1) is 41.4 Å². The van der Waals surface area contributed by atoms with Crippen molar-refractivity contribution >= 4 is 11.9 Å². The van der Waals surface area contributed by atoms with Crippen LogP contribution in [-0.4, -0.2) is 5.78 Å². The number of carbonyl (C=O) groups is 1. The number of rotatable bonds is 1. The van der Waals surface area contributed by atoms with E-state index in [2.05, 4.69) is 51.1 Å². The predicted molar refractivity (Wildman–Crippen MR) is 116 cm³/mol. The van der Waals surface area contributed by atoms with Gasteiger partial charge in [-0.05, 0) is 98.2 Å². The molecule has 0 heterocycles. The first-order chi connectivity index (χ1) is 13.4. The summed E-state index contributed by atoms with van der Waals surface area (Å²) in [5, 5.41) is 0. The Hall–Kier alpha value is -1.37. The number of hydrogen-bond acceptors (Lipinski definition) is 1. The first kappa shape index (κ1) is 18.6. The molecule has 4 aliphatic carbocycles. The van der Waals surface area contributed by atoms with Crippen LogP contribution >= 0.6 is 0 Å². The minimum Gasteiger partial charge on any atom is -0.294 e. The van der Waals surface area contributed by atoms with E-state index in [9.17, 15) is 4.79 Å². The van der Waals surface area contributed by atoms with Crippen molar-refractivity contribution in [3.8, 4) is 0 Å². The van der Waals surface area contributed by atoms with Crippen LogP contribution in [0.4, 0.5) is 0 Å². The summed E-state index contributed by atoms with van der Waals surface area (Å²) in [4.78, 5) is 13.5. The average molecular weight is 377 g/mol. The summed E-state index contributed by atoms with van der Waals surface area (Å²) in [7, 11) is 0. The summed E-state index contributed by atoms with van der Waals surface area (Å²) in [6.45, 7) is 7.05. The molecule has 4 saturated carbocycles. The Morgan fingerprint density at radius 2 is 1.71 bits per heavy atom. The monoisotopic (exact) mass is 376 g/mol. The number of ketones is 1. The van der Waals surface area contributed by atoms with Crippen LogP contribution in [0.15, 0.2) is 29.8 Å². The summed E-state index contributed by atoms with van der Waals surface area (Å²) in [5.74, 6) is 3.62. The molecular formula is C27H36O. The molecule has 4 fully saturated rings. The highest BCUT2D eigenvalue weighted by Gasteiger charge is 2.60. The molecule has 1 aromatic carbocycles. The third-order valence-electron chi connectivity index (χ3n) is 9.64. The molecule has 1 heteroatoms. The van der Waals surface area contributed by atoms with Crippen molar-refractivity contribution in [1.82, 2.24) is 0 Å². The molecular weight excluding hydrogens is 340 g/mol. The van der Waals surface area contributed by atoms with Crippen molar-refractivity contribution in [2.75, 3.05) is 0 Å². The third kappa shape index (κ3) is 2.68. The van der Waals surface area contributed by atoms with Gasteiger partial charge >= 0.3 is 0 Å². The Morgan fingerprint density at radius 3 is 2.50 bits per heavy atom. The molecule has 0 N–H and O–H groups in total. The summed E-state index contributed by atoms with van der Waals surface area (Å²) in [6.07, 6.45) is 14.2. The molecule has 5 rings (SSSR count). The molecule has 0 aromatic heterocycles. The highest BCUT2D eigenvalue weighted by molar-refractivity contribution is 6.05. The van der Waals surface area contributed by atoms with E-state index in [1.54, 1.807) is 0 Å². The number of benzene rings is 1. The molecule has 1 aromatic rings. The van der Waals surface area contributed by atoms with Gasteiger partial charge in [-0.25, -0.2) is 0 Å². The van der Waals surface area contributed by atoms with Gasteiger partial charge in [-0.1, -0.05) is 56.5 Å². The molecule has 0 aliphatic heterocycles. The number of allylic oxidation sites excluding steroid dienone is 1. The fraction of sp³-hybridized carbons (Fsp3) is 0.667. The lowest BCUT2D eigenvalue weighted by molar-refractivity contribution is -0.137. The molecule has 0 unspecified atom stereocenters. The fourth-order valence-electron chi connectivity index (χ4n) is 7.96. The van der Waals surface area contributed by atoms with Crippen molar-refractivity contribution < 1.29 is 4.79 Å². The highest BCUT2D eigenvalue weighted by atomic mass is 16.1. The van der Waals surface area contributed by atoms with Crippen LogP contribution in [0.3, 0.4) is 0 Å². The lowest BCUT2D eigenvalue weighted by Crippen LogP contribution is -2.52. The van der Waals surface area contributed by atoms with Crippen LogP contribution in [0.5, 0.6) is 0 Å². The molecule has 0 spiro atoms. The summed E-state index contributed by atoms with van der Waals surface area (Å²) >= 11 is 0. The quantitative estimate of drug-likeness (QED) is 0.483. The first-order valence-electron chi connectivity index (χ1n) is 11.7. The van der Waals surface area contributed by atoms with Gasteiger partial charge in [-0.15, -0.1) is 0 Å². The maximum Gasteiger partial charge on any atom is 0.165 e. The van der Waals surface area contributed by atoms with Crippen LogP contribution in [-0.2, 0) is 4.79 Å². The van der Waals surface area contributed by atoms with Gasteiger partial charge in [0.05, 0.1) is 0 Å². The molecule has 0 amide bonds. The second kappa shape index (κ2) is 6.57. The van der Waals surface area contributed by atoms with Crippen LogP contribution in [0.2, 0.25) is 0 Å². The third-order valence-corrected chi connectivity index (χ3v) is 9.64. The summed E-state index contributed by atoms with van der Waals surface area (Å²) < 4.78 is 0. The van der Waals surface area contributed by atoms with Crippen molar-refractivity contribution in [1.29, 1.82) is 0 Å². The van der Waals surface area contributed by atoms with Crippen LogP contribution in [0.1, 0.15) is 82.8 Å². The minimum absolute atomic E-state index is 0.102. The van der Waals surface area contributed by atoms with Gasteiger partial charge in [-0.2, -0.15) is 0 Å². The number of hydrogen-bond donors (Lipinski definition) is 0. The molecule has 0 bridgehead atoms. The van der Waals surface area contributed by atoms with E-state index < -0.39 is 0 Å². The van der Waals surface area contributed by atoms with Crippen molar-refractivity contribution in [2.24, 2.45) is 34.5 Å². The Kier molecular flexibility index (Phi) is 4.38. The number of fused-ring (bicyclic) bond motifs is 5. The van der Waals surface area contributed by atoms with E-state index in [-0.39, 0.29) is 5.41 Å². The van der Waals surface area contributed by atoms with E-state index >= 15 is 0 Å². The van der Waals surface area contributed by atoms with Gasteiger partial charge in [0.1, 0.15) is 0 Å². The standard InChI is InChI=1S/C27H36O/c1-18-7-9-19(10-8-18)16-20-17-24-22-12-11-21-6-4-5-14-26(21,2)23(22)13-15-27(24,3)25(20)28/h7-10,16,21-24H,4-6,11-15,17H2,1-3H3/b20-16+/t21-,22-,23+,24-,26+,27+/m1/s1. The molecule has 0 saturated heterocycles. The maximum absolute atomic E-state index is 13.5. The van der Waals surface area contributed by atoms with E-state index in [1.807, 2.05) is 0 Å². The van der Waals surface area contributed by atoms with Crippen LogP contribution in [0.25, 0.3) is 6.08 Å². The van der Waals surface area contributed by atoms with Crippen molar-refractivity contribution in [2.45, 2.75) is 78.6 Å². The zero-order valence-corrected chi connectivity index (χ0v) is 18.0. The van der Waals surface area contributed by atoms with Crippen LogP contribution < -0.4 is 0 Å². The Balaban J connectivity index is 1.45. The van der Waals surface area contributed by atoms with Gasteiger partial charge in [0.2, 0.25) is 0 Å². The molecule has 0 radical (unpaired) electrons. The first-order valence-corrected chi connectivity index (χ1v) is 11.7. The zero-order valence-electron chi connectivity index (χ0n) is 18.0. The molecule has 4 aliphatic rings. The van der Waals surface area contributed by atoms with Gasteiger partial charge < -0.3 is 0 Å². The molecule has 150 valence electrons. The molecule has 28 heavy (non-hydrogen) atoms. The second-order valence-electron chi connectivity index (χ2n) is 11.0. The maximum atomic E-state index is 13.5. The van der Waals surface area contributed by atoms with Gasteiger partial charge in [0.15, 0.2) is 5.78 Å². The van der Waals surface area contributed by atoms with Gasteiger partial charge in [0.25, 0.3) is 0 Å². The number of carbonyl (C=O) groups excluding carboxylic acids is 1.